The number of benzene rings is 5. The first-order chi connectivity index (χ1) is 18.2. The van der Waals surface area contributed by atoms with E-state index >= 15 is 0 Å². The molecule has 1 aliphatic carbocycles. The van der Waals surface area contributed by atoms with Crippen LogP contribution < -0.4 is 0 Å². The van der Waals surface area contributed by atoms with Crippen molar-refractivity contribution < 1.29 is 0 Å². The Morgan fingerprint density at radius 2 is 1.16 bits per heavy atom. The van der Waals surface area contributed by atoms with Crippen molar-refractivity contribution in [3.63, 3.8) is 0 Å². The zero-order valence-electron chi connectivity index (χ0n) is 20.7. The molecule has 1 aliphatic rings. The Morgan fingerprint density at radius 1 is 0.568 bits per heavy atom. The van der Waals surface area contributed by atoms with E-state index in [1.807, 2.05) is 0 Å². The molecule has 1 aromatic heterocycles. The summed E-state index contributed by atoms with van der Waals surface area (Å²) in [5.74, 6) is 0.453. The Bertz CT molecular complexity index is 1830. The molecule has 2 nitrogen and oxygen atoms in total. The van der Waals surface area contributed by atoms with Crippen molar-refractivity contribution in [3.05, 3.63) is 133 Å². The second-order valence-corrected chi connectivity index (χ2v) is 9.98. The highest BCUT2D eigenvalue weighted by Gasteiger charge is 2.17. The molecule has 0 bridgehead atoms. The van der Waals surface area contributed by atoms with Gasteiger partial charge in [0.1, 0.15) is 6.33 Å². The maximum Gasteiger partial charge on any atom is 0.116 e. The van der Waals surface area contributed by atoms with Crippen LogP contribution in [-0.2, 0) is 0 Å². The van der Waals surface area contributed by atoms with Gasteiger partial charge in [-0.25, -0.2) is 9.97 Å². The first kappa shape index (κ1) is 21.7. The Kier molecular flexibility index (Phi) is 5.18. The number of fused-ring (bicyclic) bond motifs is 6. The molecule has 176 valence electrons. The van der Waals surface area contributed by atoms with E-state index in [2.05, 4.69) is 122 Å². The molecule has 37 heavy (non-hydrogen) atoms. The smallest absolute Gasteiger partial charge is 0.116 e. The van der Waals surface area contributed by atoms with Gasteiger partial charge >= 0.3 is 0 Å². The van der Waals surface area contributed by atoms with Gasteiger partial charge in [-0.1, -0.05) is 104 Å². The summed E-state index contributed by atoms with van der Waals surface area (Å²) in [7, 11) is 0. The third kappa shape index (κ3) is 3.82. The second kappa shape index (κ2) is 8.83. The zero-order chi connectivity index (χ0) is 24.8. The summed E-state index contributed by atoms with van der Waals surface area (Å²) in [5, 5.41) is 7.66. The van der Waals surface area contributed by atoms with Crippen LogP contribution in [0.25, 0.3) is 54.7 Å². The molecule has 1 unspecified atom stereocenters. The topological polar surface area (TPSA) is 25.8 Å². The van der Waals surface area contributed by atoms with Crippen molar-refractivity contribution in [1.82, 2.24) is 9.97 Å². The largest absolute Gasteiger partial charge is 0.237 e. The molecule has 1 heterocycles. The van der Waals surface area contributed by atoms with Gasteiger partial charge in [0.25, 0.3) is 0 Å². The van der Waals surface area contributed by atoms with Crippen molar-refractivity contribution >= 4 is 43.5 Å². The van der Waals surface area contributed by atoms with Crippen LogP contribution in [-0.4, -0.2) is 9.97 Å². The lowest BCUT2D eigenvalue weighted by Gasteiger charge is -2.19. The van der Waals surface area contributed by atoms with E-state index in [0.29, 0.717) is 5.92 Å². The highest BCUT2D eigenvalue weighted by molar-refractivity contribution is 6.25. The highest BCUT2D eigenvalue weighted by atomic mass is 14.8. The maximum absolute atomic E-state index is 4.70. The SMILES string of the molecule is CC1C=C(c2ccccc2)C=C(c2cc(-c3ccc4c5ccccc5c5ccccc5c4c3)ncn2)C1. The molecule has 0 radical (unpaired) electrons. The van der Waals surface area contributed by atoms with Gasteiger partial charge in [-0.3, -0.25) is 0 Å². The summed E-state index contributed by atoms with van der Waals surface area (Å²) < 4.78 is 0. The fraction of sp³-hybridized carbons (Fsp3) is 0.0857. The van der Waals surface area contributed by atoms with Gasteiger partial charge in [0.2, 0.25) is 0 Å². The lowest BCUT2D eigenvalue weighted by molar-refractivity contribution is 0.749. The number of hydrogen-bond donors (Lipinski definition) is 0. The van der Waals surface area contributed by atoms with Gasteiger partial charge in [0.05, 0.1) is 11.4 Å². The molecule has 0 aliphatic heterocycles. The van der Waals surface area contributed by atoms with Crippen molar-refractivity contribution in [2.24, 2.45) is 5.92 Å². The molecule has 0 saturated heterocycles. The Labute approximate surface area is 216 Å². The van der Waals surface area contributed by atoms with Crippen LogP contribution in [0.3, 0.4) is 0 Å². The first-order valence-electron chi connectivity index (χ1n) is 12.9. The molecule has 6 aromatic rings. The number of rotatable bonds is 3. The summed E-state index contributed by atoms with van der Waals surface area (Å²) in [6.45, 7) is 2.27. The number of allylic oxidation sites excluding steroid dienone is 4. The van der Waals surface area contributed by atoms with Crippen LogP contribution in [0.15, 0.2) is 122 Å². The molecule has 0 saturated carbocycles. The zero-order valence-corrected chi connectivity index (χ0v) is 20.7. The number of hydrogen-bond acceptors (Lipinski definition) is 2. The summed E-state index contributed by atoms with van der Waals surface area (Å²) in [6.07, 6.45) is 7.34. The van der Waals surface area contributed by atoms with E-state index in [1.54, 1.807) is 6.33 Å². The lowest BCUT2D eigenvalue weighted by Crippen LogP contribution is -2.03. The third-order valence-electron chi connectivity index (χ3n) is 7.48. The quantitative estimate of drug-likeness (QED) is 0.239. The molecule has 0 spiro atoms. The molecule has 0 N–H and O–H groups in total. The van der Waals surface area contributed by atoms with Gasteiger partial charge in [0, 0.05) is 5.56 Å². The van der Waals surface area contributed by atoms with Gasteiger partial charge in [-0.05, 0) is 79.6 Å². The summed E-state index contributed by atoms with van der Waals surface area (Å²) in [5.41, 5.74) is 6.83. The van der Waals surface area contributed by atoms with Crippen LogP contribution in [0.1, 0.15) is 24.6 Å². The summed E-state index contributed by atoms with van der Waals surface area (Å²) >= 11 is 0. The van der Waals surface area contributed by atoms with Crippen molar-refractivity contribution in [1.29, 1.82) is 0 Å². The van der Waals surface area contributed by atoms with Gasteiger partial charge in [0.15, 0.2) is 0 Å². The second-order valence-electron chi connectivity index (χ2n) is 9.98. The highest BCUT2D eigenvalue weighted by Crippen LogP contribution is 2.38. The molecule has 2 heteroatoms. The Hall–Kier alpha value is -4.56. The average molecular weight is 475 g/mol. The minimum Gasteiger partial charge on any atom is -0.237 e. The van der Waals surface area contributed by atoms with E-state index < -0.39 is 0 Å². The predicted molar refractivity (Wildman–Crippen MR) is 156 cm³/mol. The van der Waals surface area contributed by atoms with Crippen molar-refractivity contribution in [2.75, 3.05) is 0 Å². The summed E-state index contributed by atoms with van der Waals surface area (Å²) in [4.78, 5) is 9.39. The first-order valence-corrected chi connectivity index (χ1v) is 12.9. The third-order valence-corrected chi connectivity index (χ3v) is 7.48. The fourth-order valence-corrected chi connectivity index (χ4v) is 5.75. The minimum atomic E-state index is 0.453. The van der Waals surface area contributed by atoms with Crippen LogP contribution in [0.2, 0.25) is 0 Å². The van der Waals surface area contributed by atoms with Gasteiger partial charge in [-0.15, -0.1) is 0 Å². The normalized spacial score (nSPS) is 15.6. The fourth-order valence-electron chi connectivity index (χ4n) is 5.75. The molecule has 0 amide bonds. The average Bonchev–Trinajstić information content (AvgIpc) is 2.97. The number of aromatic nitrogens is 2. The Balaban J connectivity index is 1.36. The Morgan fingerprint density at radius 3 is 1.86 bits per heavy atom. The van der Waals surface area contributed by atoms with Gasteiger partial charge in [-0.2, -0.15) is 0 Å². The molecule has 1 atom stereocenters. The van der Waals surface area contributed by atoms with E-state index in [4.69, 9.17) is 9.97 Å². The molecule has 5 aromatic carbocycles. The lowest BCUT2D eigenvalue weighted by atomic mass is 9.87. The van der Waals surface area contributed by atoms with E-state index in [0.717, 1.165) is 23.4 Å². The minimum absolute atomic E-state index is 0.453. The van der Waals surface area contributed by atoms with Gasteiger partial charge < -0.3 is 0 Å². The monoisotopic (exact) mass is 474 g/mol. The molecular weight excluding hydrogens is 448 g/mol. The van der Waals surface area contributed by atoms with E-state index in [9.17, 15) is 0 Å². The van der Waals surface area contributed by atoms with Crippen LogP contribution in [0.4, 0.5) is 0 Å². The molecule has 7 rings (SSSR count). The molecule has 0 fully saturated rings. The van der Waals surface area contributed by atoms with Crippen LogP contribution in [0, 0.1) is 5.92 Å². The standard InChI is InChI=1S/C35H26N2/c1-23-17-26(24-9-3-2-4-10-24)19-27(18-23)35-21-34(36-22-37-35)25-15-16-32-30-13-6-5-11-28(30)29-12-7-8-14-31(29)33(32)20-25/h2-17,19-23H,18H2,1H3. The number of nitrogens with zero attached hydrogens (tertiary/aromatic N) is 2. The van der Waals surface area contributed by atoms with Crippen LogP contribution in [0.5, 0.6) is 0 Å². The van der Waals surface area contributed by atoms with E-state index in [1.165, 1.54) is 49.0 Å². The van der Waals surface area contributed by atoms with Crippen molar-refractivity contribution in [3.8, 4) is 11.3 Å². The van der Waals surface area contributed by atoms with E-state index in [-0.39, 0.29) is 0 Å². The molecular formula is C35H26N2. The van der Waals surface area contributed by atoms with Crippen LogP contribution >= 0.6 is 0 Å². The predicted octanol–water partition coefficient (Wildman–Crippen LogP) is 9.11. The van der Waals surface area contributed by atoms with Crippen molar-refractivity contribution in [2.45, 2.75) is 13.3 Å². The summed E-state index contributed by atoms with van der Waals surface area (Å²) in [6, 6.07) is 36.9. The maximum atomic E-state index is 4.70.